The molecule has 4 heterocycles. The van der Waals surface area contributed by atoms with Gasteiger partial charge in [-0.1, -0.05) is 11.6 Å². The van der Waals surface area contributed by atoms with E-state index in [4.69, 9.17) is 16.3 Å². The van der Waals surface area contributed by atoms with Gasteiger partial charge in [-0.05, 0) is 19.4 Å². The van der Waals surface area contributed by atoms with Gasteiger partial charge in [0.15, 0.2) is 11.5 Å². The van der Waals surface area contributed by atoms with Gasteiger partial charge in [0, 0.05) is 6.20 Å². The number of methoxy groups -OCH3 is 1. The molecule has 0 aliphatic rings. The number of halogens is 1. The van der Waals surface area contributed by atoms with Gasteiger partial charge >= 0.3 is 5.97 Å². The third kappa shape index (κ3) is 2.47. The molecular weight excluding hydrogens is 364 g/mol. The number of rotatable bonds is 3. The summed E-state index contributed by atoms with van der Waals surface area (Å²) in [7, 11) is 1.36. The Bertz CT molecular complexity index is 1110. The van der Waals surface area contributed by atoms with E-state index >= 15 is 0 Å². The average molecular weight is 377 g/mol. The number of carbonyl (C=O) groups is 1. The van der Waals surface area contributed by atoms with Crippen LogP contribution >= 0.6 is 22.9 Å². The Morgan fingerprint density at radius 1 is 1.44 bits per heavy atom. The lowest BCUT2D eigenvalue weighted by Gasteiger charge is -2.06. The highest BCUT2D eigenvalue weighted by atomic mass is 35.5. The number of aromatic nitrogens is 6. The number of ether oxygens (including phenoxy) is 1. The summed E-state index contributed by atoms with van der Waals surface area (Å²) in [4.78, 5) is 22.2. The third-order valence-electron chi connectivity index (χ3n) is 4.00. The zero-order valence-electron chi connectivity index (χ0n) is 13.6. The maximum absolute atomic E-state index is 11.9. The van der Waals surface area contributed by atoms with E-state index in [1.54, 1.807) is 27.9 Å². The van der Waals surface area contributed by atoms with E-state index in [9.17, 15) is 4.79 Å². The van der Waals surface area contributed by atoms with Crippen LogP contribution in [0.5, 0.6) is 0 Å². The van der Waals surface area contributed by atoms with E-state index in [0.717, 1.165) is 15.8 Å². The van der Waals surface area contributed by atoms with Gasteiger partial charge < -0.3 is 4.74 Å². The zero-order valence-corrected chi connectivity index (χ0v) is 15.2. The molecule has 0 radical (unpaired) electrons. The number of thiophene rings is 1. The lowest BCUT2D eigenvalue weighted by Crippen LogP contribution is -2.09. The molecule has 1 atom stereocenters. The average Bonchev–Trinajstić information content (AvgIpc) is 3.30. The fourth-order valence-corrected chi connectivity index (χ4v) is 3.86. The number of fused-ring (bicyclic) bond motifs is 3. The molecule has 0 saturated carbocycles. The van der Waals surface area contributed by atoms with Crippen molar-refractivity contribution in [1.29, 1.82) is 0 Å². The third-order valence-corrected chi connectivity index (χ3v) is 5.37. The van der Waals surface area contributed by atoms with Crippen LogP contribution in [0, 0.1) is 6.92 Å². The summed E-state index contributed by atoms with van der Waals surface area (Å²) in [5.41, 5.74) is 1.44. The van der Waals surface area contributed by atoms with Crippen LogP contribution in [-0.4, -0.2) is 42.4 Å². The van der Waals surface area contributed by atoms with Crippen molar-refractivity contribution in [1.82, 2.24) is 29.4 Å². The van der Waals surface area contributed by atoms with Gasteiger partial charge in [0.05, 0.1) is 23.7 Å². The van der Waals surface area contributed by atoms with E-state index in [1.165, 1.54) is 18.4 Å². The van der Waals surface area contributed by atoms with Crippen LogP contribution in [0.15, 0.2) is 18.7 Å². The summed E-state index contributed by atoms with van der Waals surface area (Å²) >= 11 is 7.22. The van der Waals surface area contributed by atoms with Gasteiger partial charge in [-0.25, -0.2) is 19.3 Å². The van der Waals surface area contributed by atoms with Crippen LogP contribution in [0.4, 0.5) is 0 Å². The first-order valence-corrected chi connectivity index (χ1v) is 8.61. The van der Waals surface area contributed by atoms with Crippen LogP contribution in [0.1, 0.15) is 34.0 Å². The van der Waals surface area contributed by atoms with Crippen LogP contribution in [0.3, 0.4) is 0 Å². The smallest absolute Gasteiger partial charge is 0.348 e. The van der Waals surface area contributed by atoms with Crippen LogP contribution in [0.25, 0.3) is 15.9 Å². The number of hydrogen-bond acceptors (Lipinski definition) is 7. The SMILES string of the molecule is COC(=O)c1sc2ncn3nc([C@@H](C)n4cc(Cl)cn4)nc3c2c1C. The largest absolute Gasteiger partial charge is 0.465 e. The summed E-state index contributed by atoms with van der Waals surface area (Å²) in [5.74, 6) is 0.206. The van der Waals surface area contributed by atoms with E-state index in [-0.39, 0.29) is 12.0 Å². The fourth-order valence-electron chi connectivity index (χ4n) is 2.66. The topological polar surface area (TPSA) is 87.2 Å². The van der Waals surface area contributed by atoms with Gasteiger partial charge in [-0.2, -0.15) is 5.10 Å². The van der Waals surface area contributed by atoms with Gasteiger partial charge in [-0.15, -0.1) is 16.4 Å². The molecule has 4 rings (SSSR count). The second-order valence-corrected chi connectivity index (χ2v) is 6.96. The molecule has 25 heavy (non-hydrogen) atoms. The summed E-state index contributed by atoms with van der Waals surface area (Å²) in [6, 6.07) is -0.193. The molecule has 0 spiro atoms. The Kier molecular flexibility index (Phi) is 3.69. The first kappa shape index (κ1) is 16.0. The molecule has 0 bridgehead atoms. The van der Waals surface area contributed by atoms with Gasteiger partial charge in [0.2, 0.25) is 0 Å². The molecule has 0 N–H and O–H groups in total. The van der Waals surface area contributed by atoms with Crippen molar-refractivity contribution >= 4 is 44.8 Å². The van der Waals surface area contributed by atoms with E-state index < -0.39 is 0 Å². The first-order chi connectivity index (χ1) is 12.0. The molecular formula is C15H13ClN6O2S. The van der Waals surface area contributed by atoms with E-state index in [1.807, 2.05) is 13.8 Å². The summed E-state index contributed by atoms with van der Waals surface area (Å²) in [6.07, 6.45) is 4.88. The van der Waals surface area contributed by atoms with Crippen LogP contribution < -0.4 is 0 Å². The van der Waals surface area contributed by atoms with Crippen molar-refractivity contribution in [2.45, 2.75) is 19.9 Å². The van der Waals surface area contributed by atoms with Crippen molar-refractivity contribution in [3.63, 3.8) is 0 Å². The summed E-state index contributed by atoms with van der Waals surface area (Å²) in [6.45, 7) is 3.79. The molecule has 0 fully saturated rings. The second-order valence-electron chi connectivity index (χ2n) is 5.53. The Balaban J connectivity index is 1.89. The first-order valence-electron chi connectivity index (χ1n) is 7.42. The standard InChI is InChI=1S/C15H13ClN6O2S/c1-7-10-13-19-12(8(2)21-5-9(16)4-18-21)20-22(13)6-17-14(10)25-11(7)15(23)24-3/h4-6,8H,1-3H3/t8-/m1/s1. The molecule has 10 heteroatoms. The molecule has 4 aromatic rings. The lowest BCUT2D eigenvalue weighted by molar-refractivity contribution is 0.0605. The monoisotopic (exact) mass is 376 g/mol. The van der Waals surface area contributed by atoms with Crippen molar-refractivity contribution in [2.75, 3.05) is 7.11 Å². The lowest BCUT2D eigenvalue weighted by atomic mass is 10.2. The fraction of sp³-hybridized carbons (Fsp3) is 0.267. The van der Waals surface area contributed by atoms with Crippen molar-refractivity contribution in [3.05, 3.63) is 40.0 Å². The van der Waals surface area contributed by atoms with E-state index in [0.29, 0.717) is 21.4 Å². The number of esters is 1. The van der Waals surface area contributed by atoms with Gasteiger partial charge in [-0.3, -0.25) is 4.68 Å². The van der Waals surface area contributed by atoms with Crippen molar-refractivity contribution < 1.29 is 9.53 Å². The maximum atomic E-state index is 11.9. The quantitative estimate of drug-likeness (QED) is 0.511. The predicted octanol–water partition coefficient (Wildman–Crippen LogP) is 2.89. The highest BCUT2D eigenvalue weighted by Crippen LogP contribution is 2.32. The van der Waals surface area contributed by atoms with Crippen LogP contribution in [-0.2, 0) is 4.74 Å². The molecule has 0 saturated heterocycles. The number of carbonyl (C=O) groups excluding carboxylic acids is 1. The normalized spacial score (nSPS) is 12.8. The van der Waals surface area contributed by atoms with E-state index in [2.05, 4.69) is 20.2 Å². The summed E-state index contributed by atoms with van der Waals surface area (Å²) < 4.78 is 8.15. The van der Waals surface area contributed by atoms with Crippen molar-refractivity contribution in [3.8, 4) is 0 Å². The molecule has 0 aromatic carbocycles. The van der Waals surface area contributed by atoms with Gasteiger partial charge in [0.1, 0.15) is 22.1 Å². The Morgan fingerprint density at radius 3 is 2.92 bits per heavy atom. The highest BCUT2D eigenvalue weighted by molar-refractivity contribution is 7.20. The molecule has 4 aromatic heterocycles. The highest BCUT2D eigenvalue weighted by Gasteiger charge is 2.22. The molecule has 128 valence electrons. The molecule has 0 unspecified atom stereocenters. The number of nitrogens with zero attached hydrogens (tertiary/aromatic N) is 6. The Labute approximate surface area is 151 Å². The van der Waals surface area contributed by atoms with Gasteiger partial charge in [0.25, 0.3) is 0 Å². The minimum absolute atomic E-state index is 0.193. The number of hydrogen-bond donors (Lipinski definition) is 0. The minimum atomic E-state index is -0.377. The molecule has 0 aliphatic carbocycles. The minimum Gasteiger partial charge on any atom is -0.465 e. The Morgan fingerprint density at radius 2 is 2.24 bits per heavy atom. The zero-order chi connectivity index (χ0) is 17.7. The second kappa shape index (κ2) is 5.78. The molecule has 8 nitrogen and oxygen atoms in total. The predicted molar refractivity (Wildman–Crippen MR) is 93.3 cm³/mol. The van der Waals surface area contributed by atoms with Crippen molar-refractivity contribution in [2.24, 2.45) is 0 Å². The summed E-state index contributed by atoms with van der Waals surface area (Å²) in [5, 5.41) is 10.0. The number of aryl methyl sites for hydroxylation is 1. The molecule has 0 amide bonds. The van der Waals surface area contributed by atoms with Crippen LogP contribution in [0.2, 0.25) is 5.02 Å². The maximum Gasteiger partial charge on any atom is 0.348 e. The Hall–Kier alpha value is -2.52. The molecule has 0 aliphatic heterocycles.